The first-order valence-corrected chi connectivity index (χ1v) is 8.02. The Balaban J connectivity index is 0.00000113. The van der Waals surface area contributed by atoms with Crippen LogP contribution in [-0.4, -0.2) is 37.6 Å². The summed E-state index contributed by atoms with van der Waals surface area (Å²) in [7, 11) is 1.66. The Morgan fingerprint density at radius 3 is 2.56 bits per heavy atom. The lowest BCUT2D eigenvalue weighted by Crippen LogP contribution is -2.53. The number of benzene rings is 2. The number of piperazine rings is 1. The van der Waals surface area contributed by atoms with Crippen molar-refractivity contribution in [1.29, 1.82) is 0 Å². The van der Waals surface area contributed by atoms with Crippen molar-refractivity contribution in [3.8, 4) is 5.75 Å². The maximum Gasteiger partial charge on any atom is 0.242 e. The molecule has 0 aromatic heterocycles. The van der Waals surface area contributed by atoms with Crippen molar-refractivity contribution in [1.82, 2.24) is 10.2 Å². The van der Waals surface area contributed by atoms with Crippen LogP contribution in [-0.2, 0) is 4.79 Å². The third-order valence-corrected chi connectivity index (χ3v) is 4.89. The Bertz CT molecular complexity index is 739. The van der Waals surface area contributed by atoms with Crippen molar-refractivity contribution in [3.05, 3.63) is 65.2 Å². The van der Waals surface area contributed by atoms with Crippen LogP contribution in [0.4, 0.5) is 0 Å². The van der Waals surface area contributed by atoms with Gasteiger partial charge in [0.05, 0.1) is 7.11 Å². The standard InChI is InChI=1S/C19H20N2O2.2ClH/c1-23-14-7-8-15-16(11-14)18-19(22)20-9-10-21(18)12-17(15)13-5-3-2-4-6-13;;/h2-8,11,17-18H,9-10,12H2,1H3,(H,20,22);2*1H/t17-,18+;;/m1../s1. The minimum absolute atomic E-state index is 0. The van der Waals surface area contributed by atoms with Gasteiger partial charge >= 0.3 is 0 Å². The zero-order valence-corrected chi connectivity index (χ0v) is 15.6. The Kier molecular flexibility index (Phi) is 6.33. The van der Waals surface area contributed by atoms with Gasteiger partial charge in [-0.25, -0.2) is 0 Å². The quantitative estimate of drug-likeness (QED) is 0.869. The minimum Gasteiger partial charge on any atom is -0.497 e. The molecule has 6 heteroatoms. The number of methoxy groups -OCH3 is 1. The van der Waals surface area contributed by atoms with E-state index in [0.29, 0.717) is 5.92 Å². The lowest BCUT2D eigenvalue weighted by atomic mass is 9.80. The molecule has 4 nitrogen and oxygen atoms in total. The molecule has 1 N–H and O–H groups in total. The molecule has 25 heavy (non-hydrogen) atoms. The highest BCUT2D eigenvalue weighted by Crippen LogP contribution is 2.41. The van der Waals surface area contributed by atoms with Crippen molar-refractivity contribution < 1.29 is 9.53 Å². The van der Waals surface area contributed by atoms with Crippen molar-refractivity contribution in [3.63, 3.8) is 0 Å². The summed E-state index contributed by atoms with van der Waals surface area (Å²) in [5.74, 6) is 1.19. The average Bonchev–Trinajstić information content (AvgIpc) is 2.61. The summed E-state index contributed by atoms with van der Waals surface area (Å²) in [6.45, 7) is 2.48. The second-order valence-corrected chi connectivity index (χ2v) is 6.15. The highest BCUT2D eigenvalue weighted by molar-refractivity contribution is 5.86. The van der Waals surface area contributed by atoms with Gasteiger partial charge in [-0.1, -0.05) is 36.4 Å². The van der Waals surface area contributed by atoms with Crippen LogP contribution in [0.15, 0.2) is 48.5 Å². The van der Waals surface area contributed by atoms with E-state index >= 15 is 0 Å². The fourth-order valence-electron chi connectivity index (χ4n) is 3.79. The first-order valence-electron chi connectivity index (χ1n) is 8.02. The number of nitrogens with one attached hydrogen (secondary N) is 1. The number of rotatable bonds is 2. The van der Waals surface area contributed by atoms with E-state index in [-0.39, 0.29) is 36.8 Å². The molecule has 2 aliphatic rings. The predicted molar refractivity (Wildman–Crippen MR) is 103 cm³/mol. The van der Waals surface area contributed by atoms with Crippen molar-refractivity contribution in [2.24, 2.45) is 0 Å². The second kappa shape index (κ2) is 8.09. The van der Waals surface area contributed by atoms with Crippen molar-refractivity contribution in [2.75, 3.05) is 26.7 Å². The molecule has 134 valence electrons. The molecule has 2 atom stereocenters. The Morgan fingerprint density at radius 1 is 1.08 bits per heavy atom. The van der Waals surface area contributed by atoms with Crippen LogP contribution in [0, 0.1) is 0 Å². The van der Waals surface area contributed by atoms with Gasteiger partial charge in [0, 0.05) is 25.6 Å². The minimum atomic E-state index is -0.200. The van der Waals surface area contributed by atoms with Crippen LogP contribution in [0.2, 0.25) is 0 Å². The molecular formula is C19H22Cl2N2O2. The molecule has 0 bridgehead atoms. The molecule has 2 aliphatic heterocycles. The third-order valence-electron chi connectivity index (χ3n) is 4.89. The van der Waals surface area contributed by atoms with Gasteiger partial charge in [-0.2, -0.15) is 0 Å². The van der Waals surface area contributed by atoms with E-state index in [1.807, 2.05) is 18.2 Å². The van der Waals surface area contributed by atoms with Crippen LogP contribution in [0.5, 0.6) is 5.75 Å². The molecule has 0 saturated carbocycles. The van der Waals surface area contributed by atoms with Crippen molar-refractivity contribution in [2.45, 2.75) is 12.0 Å². The van der Waals surface area contributed by atoms with Gasteiger partial charge in [0.2, 0.25) is 5.91 Å². The van der Waals surface area contributed by atoms with Gasteiger partial charge in [0.25, 0.3) is 0 Å². The molecular weight excluding hydrogens is 359 g/mol. The van der Waals surface area contributed by atoms with Crippen LogP contribution >= 0.6 is 24.8 Å². The van der Waals surface area contributed by atoms with E-state index in [0.717, 1.165) is 30.9 Å². The van der Waals surface area contributed by atoms with Gasteiger partial charge in [-0.3, -0.25) is 9.69 Å². The molecule has 0 radical (unpaired) electrons. The number of amides is 1. The number of hydrogen-bond acceptors (Lipinski definition) is 3. The highest BCUT2D eigenvalue weighted by Gasteiger charge is 2.39. The molecule has 2 aromatic carbocycles. The first kappa shape index (κ1) is 19.6. The molecule has 2 heterocycles. The van der Waals surface area contributed by atoms with Crippen LogP contribution < -0.4 is 10.1 Å². The first-order chi connectivity index (χ1) is 11.3. The topological polar surface area (TPSA) is 41.6 Å². The molecule has 2 aromatic rings. The number of nitrogens with zero attached hydrogens (tertiary/aromatic N) is 1. The maximum atomic E-state index is 12.4. The van der Waals surface area contributed by atoms with E-state index in [1.165, 1.54) is 11.1 Å². The zero-order valence-electron chi connectivity index (χ0n) is 14.0. The highest BCUT2D eigenvalue weighted by atomic mass is 35.5. The molecule has 4 rings (SSSR count). The third kappa shape index (κ3) is 3.47. The number of carbonyl (C=O) groups excluding carboxylic acids is 1. The molecule has 0 unspecified atom stereocenters. The summed E-state index contributed by atoms with van der Waals surface area (Å²) >= 11 is 0. The van der Waals surface area contributed by atoms with Crippen LogP contribution in [0.25, 0.3) is 0 Å². The summed E-state index contributed by atoms with van der Waals surface area (Å²) < 4.78 is 5.39. The van der Waals surface area contributed by atoms with E-state index in [9.17, 15) is 4.79 Å². The SMILES string of the molecule is COc1ccc2c(c1)[C@H]1C(=O)NCCN1C[C@@H]2c1ccccc1.Cl.Cl. The lowest BCUT2D eigenvalue weighted by Gasteiger charge is -2.43. The van der Waals surface area contributed by atoms with E-state index in [4.69, 9.17) is 4.74 Å². The van der Waals surface area contributed by atoms with Gasteiger partial charge < -0.3 is 10.1 Å². The lowest BCUT2D eigenvalue weighted by molar-refractivity contribution is -0.129. The average molecular weight is 381 g/mol. The van der Waals surface area contributed by atoms with Gasteiger partial charge in [-0.05, 0) is 28.8 Å². The van der Waals surface area contributed by atoms with Gasteiger partial charge in [-0.15, -0.1) is 24.8 Å². The molecule has 0 aliphatic carbocycles. The smallest absolute Gasteiger partial charge is 0.242 e. The zero-order chi connectivity index (χ0) is 15.8. The van der Waals surface area contributed by atoms with Crippen LogP contribution in [0.1, 0.15) is 28.7 Å². The number of fused-ring (bicyclic) bond motifs is 3. The monoisotopic (exact) mass is 380 g/mol. The van der Waals surface area contributed by atoms with Crippen LogP contribution in [0.3, 0.4) is 0 Å². The van der Waals surface area contributed by atoms with Crippen molar-refractivity contribution >= 4 is 30.7 Å². The normalized spacial score (nSPS) is 21.7. The molecule has 1 saturated heterocycles. The van der Waals surface area contributed by atoms with E-state index < -0.39 is 0 Å². The molecule has 1 fully saturated rings. The van der Waals surface area contributed by atoms with Gasteiger partial charge in [0.15, 0.2) is 0 Å². The number of halogens is 2. The molecule has 0 spiro atoms. The fourth-order valence-corrected chi connectivity index (χ4v) is 3.79. The summed E-state index contributed by atoms with van der Waals surface area (Å²) in [4.78, 5) is 14.7. The maximum absolute atomic E-state index is 12.4. The van der Waals surface area contributed by atoms with E-state index in [1.54, 1.807) is 7.11 Å². The number of hydrogen-bond donors (Lipinski definition) is 1. The summed E-state index contributed by atoms with van der Waals surface area (Å²) in [5, 5.41) is 2.99. The number of ether oxygens (including phenoxy) is 1. The molecule has 1 amide bonds. The Labute approximate surface area is 160 Å². The Morgan fingerprint density at radius 2 is 1.84 bits per heavy atom. The second-order valence-electron chi connectivity index (χ2n) is 6.15. The fraction of sp³-hybridized carbons (Fsp3) is 0.316. The summed E-state index contributed by atoms with van der Waals surface area (Å²) in [5.41, 5.74) is 3.60. The van der Waals surface area contributed by atoms with Gasteiger partial charge in [0.1, 0.15) is 11.8 Å². The van der Waals surface area contributed by atoms with E-state index in [2.05, 4.69) is 40.5 Å². The Hall–Kier alpha value is -1.75. The predicted octanol–water partition coefficient (Wildman–Crippen LogP) is 3.16. The summed E-state index contributed by atoms with van der Waals surface area (Å²) in [6, 6.07) is 16.5. The number of carbonyl (C=O) groups is 1. The summed E-state index contributed by atoms with van der Waals surface area (Å²) in [6.07, 6.45) is 0. The largest absolute Gasteiger partial charge is 0.497 e.